The molecule has 0 saturated heterocycles. The fraction of sp³-hybridized carbons (Fsp3) is 0.941. The van der Waals surface area contributed by atoms with Crippen molar-refractivity contribution in [3.05, 3.63) is 0 Å². The molecule has 23 heavy (non-hydrogen) atoms. The number of amides is 1. The SMILES string of the molecule is CC(C)(C)OC(=O)NC1(C2(CN)CCC(F)(F)CC2)CCCC1. The first-order valence-corrected chi connectivity index (χ1v) is 8.62. The van der Waals surface area contributed by atoms with Crippen molar-refractivity contribution in [3.63, 3.8) is 0 Å². The molecular formula is C17H30F2N2O2. The van der Waals surface area contributed by atoms with Crippen LogP contribution in [-0.2, 0) is 4.74 Å². The Kier molecular flexibility index (Phi) is 4.96. The number of hydrogen-bond acceptors (Lipinski definition) is 3. The fourth-order valence-corrected chi connectivity index (χ4v) is 4.24. The number of ether oxygens (including phenoxy) is 1. The lowest BCUT2D eigenvalue weighted by Crippen LogP contribution is -2.63. The van der Waals surface area contributed by atoms with E-state index >= 15 is 0 Å². The molecule has 0 aromatic carbocycles. The predicted octanol–water partition coefficient (Wildman–Crippen LogP) is 3.98. The van der Waals surface area contributed by atoms with E-state index in [4.69, 9.17) is 10.5 Å². The van der Waals surface area contributed by atoms with E-state index in [1.165, 1.54) is 0 Å². The van der Waals surface area contributed by atoms with Gasteiger partial charge in [-0.05, 0) is 46.5 Å². The molecule has 2 saturated carbocycles. The molecule has 4 nitrogen and oxygen atoms in total. The zero-order valence-electron chi connectivity index (χ0n) is 14.5. The Bertz CT molecular complexity index is 430. The Morgan fingerprint density at radius 1 is 1.09 bits per heavy atom. The van der Waals surface area contributed by atoms with Crippen LogP contribution < -0.4 is 11.1 Å². The highest BCUT2D eigenvalue weighted by Gasteiger charge is 2.56. The molecule has 0 aromatic heterocycles. The van der Waals surface area contributed by atoms with Crippen LogP contribution in [0.4, 0.5) is 13.6 Å². The maximum atomic E-state index is 13.6. The van der Waals surface area contributed by atoms with Gasteiger partial charge in [-0.25, -0.2) is 13.6 Å². The van der Waals surface area contributed by atoms with Gasteiger partial charge in [0, 0.05) is 24.8 Å². The number of alkyl halides is 2. The zero-order valence-corrected chi connectivity index (χ0v) is 14.5. The summed E-state index contributed by atoms with van der Waals surface area (Å²) in [5.41, 5.74) is 4.50. The van der Waals surface area contributed by atoms with Crippen LogP contribution in [0.2, 0.25) is 0 Å². The van der Waals surface area contributed by atoms with Crippen LogP contribution in [0.15, 0.2) is 0 Å². The molecule has 0 unspecified atom stereocenters. The maximum Gasteiger partial charge on any atom is 0.408 e. The summed E-state index contributed by atoms with van der Waals surface area (Å²) in [4.78, 5) is 12.3. The van der Waals surface area contributed by atoms with Crippen molar-refractivity contribution >= 4 is 6.09 Å². The summed E-state index contributed by atoms with van der Waals surface area (Å²) in [7, 11) is 0. The van der Waals surface area contributed by atoms with E-state index in [0.29, 0.717) is 19.4 Å². The van der Waals surface area contributed by atoms with Gasteiger partial charge >= 0.3 is 6.09 Å². The number of alkyl carbamates (subject to hydrolysis) is 1. The summed E-state index contributed by atoms with van der Waals surface area (Å²) in [5, 5.41) is 3.05. The van der Waals surface area contributed by atoms with Crippen molar-refractivity contribution in [2.45, 2.75) is 89.2 Å². The highest BCUT2D eigenvalue weighted by atomic mass is 19.3. The lowest BCUT2D eigenvalue weighted by Gasteiger charge is -2.52. The summed E-state index contributed by atoms with van der Waals surface area (Å²) >= 11 is 0. The molecule has 0 spiro atoms. The first-order valence-electron chi connectivity index (χ1n) is 8.62. The average Bonchev–Trinajstić information content (AvgIpc) is 2.87. The van der Waals surface area contributed by atoms with Crippen molar-refractivity contribution < 1.29 is 18.3 Å². The van der Waals surface area contributed by atoms with Crippen molar-refractivity contribution in [1.29, 1.82) is 0 Å². The third-order valence-electron chi connectivity index (χ3n) is 5.54. The molecule has 134 valence electrons. The second-order valence-corrected chi connectivity index (χ2v) is 8.26. The quantitative estimate of drug-likeness (QED) is 0.821. The lowest BCUT2D eigenvalue weighted by atomic mass is 9.60. The molecular weight excluding hydrogens is 302 g/mol. The van der Waals surface area contributed by atoms with E-state index in [1.807, 2.05) is 20.8 Å². The molecule has 6 heteroatoms. The van der Waals surface area contributed by atoms with E-state index in [9.17, 15) is 13.6 Å². The Morgan fingerprint density at radius 3 is 2.04 bits per heavy atom. The number of halogens is 2. The number of nitrogens with one attached hydrogen (secondary N) is 1. The summed E-state index contributed by atoms with van der Waals surface area (Å²) < 4.78 is 32.7. The van der Waals surface area contributed by atoms with Gasteiger partial charge in [0.15, 0.2) is 0 Å². The molecule has 2 rings (SSSR count). The average molecular weight is 332 g/mol. The number of carbonyl (C=O) groups excluding carboxylic acids is 1. The van der Waals surface area contributed by atoms with E-state index in [0.717, 1.165) is 25.7 Å². The van der Waals surface area contributed by atoms with E-state index in [1.54, 1.807) is 0 Å². The van der Waals surface area contributed by atoms with E-state index < -0.39 is 28.6 Å². The second kappa shape index (κ2) is 6.19. The van der Waals surface area contributed by atoms with Gasteiger partial charge in [0.25, 0.3) is 0 Å². The first-order chi connectivity index (χ1) is 10.5. The Labute approximate surface area is 137 Å². The van der Waals surface area contributed by atoms with Gasteiger partial charge in [-0.3, -0.25) is 0 Å². The van der Waals surface area contributed by atoms with Crippen LogP contribution in [0.1, 0.15) is 72.1 Å². The fourth-order valence-electron chi connectivity index (χ4n) is 4.24. The van der Waals surface area contributed by atoms with E-state index in [-0.39, 0.29) is 12.8 Å². The van der Waals surface area contributed by atoms with Gasteiger partial charge in [-0.2, -0.15) is 0 Å². The van der Waals surface area contributed by atoms with Crippen molar-refractivity contribution in [3.8, 4) is 0 Å². The third kappa shape index (κ3) is 3.95. The zero-order chi connectivity index (χ0) is 17.4. The smallest absolute Gasteiger partial charge is 0.408 e. The molecule has 2 fully saturated rings. The van der Waals surface area contributed by atoms with Gasteiger partial charge in [0.2, 0.25) is 5.92 Å². The molecule has 2 aliphatic rings. The van der Waals surface area contributed by atoms with E-state index in [2.05, 4.69) is 5.32 Å². The minimum atomic E-state index is -2.61. The third-order valence-corrected chi connectivity index (χ3v) is 5.54. The largest absolute Gasteiger partial charge is 0.444 e. The molecule has 0 atom stereocenters. The molecule has 0 bridgehead atoms. The Hall–Kier alpha value is -0.910. The van der Waals surface area contributed by atoms with Gasteiger partial charge in [0.05, 0.1) is 5.54 Å². The predicted molar refractivity (Wildman–Crippen MR) is 85.5 cm³/mol. The highest BCUT2D eigenvalue weighted by Crippen LogP contribution is 2.54. The molecule has 2 aliphatic carbocycles. The molecule has 1 amide bonds. The standard InChI is InChI=1S/C17H30F2N2O2/c1-14(2,3)23-13(22)21-16(6-4-5-7-16)15(12-20)8-10-17(18,19)11-9-15/h4-12,20H2,1-3H3,(H,21,22). The monoisotopic (exact) mass is 332 g/mol. The summed E-state index contributed by atoms with van der Waals surface area (Å²) in [6.07, 6.45) is 3.47. The van der Waals surface area contributed by atoms with Crippen LogP contribution >= 0.6 is 0 Å². The number of hydrogen-bond donors (Lipinski definition) is 2. The maximum absolute atomic E-state index is 13.6. The van der Waals surface area contributed by atoms with Crippen LogP contribution in [0.3, 0.4) is 0 Å². The van der Waals surface area contributed by atoms with Gasteiger partial charge in [-0.1, -0.05) is 12.8 Å². The molecule has 0 aromatic rings. The van der Waals surface area contributed by atoms with Gasteiger partial charge in [0.1, 0.15) is 5.60 Å². The summed E-state index contributed by atoms with van der Waals surface area (Å²) in [5.74, 6) is -2.61. The topological polar surface area (TPSA) is 64.3 Å². The summed E-state index contributed by atoms with van der Waals surface area (Å²) in [6.45, 7) is 5.76. The molecule has 0 radical (unpaired) electrons. The Morgan fingerprint density at radius 2 is 1.61 bits per heavy atom. The Balaban J connectivity index is 2.20. The molecule has 0 aliphatic heterocycles. The van der Waals surface area contributed by atoms with Crippen LogP contribution in [0.25, 0.3) is 0 Å². The number of carbonyl (C=O) groups is 1. The van der Waals surface area contributed by atoms with Crippen molar-refractivity contribution in [2.24, 2.45) is 11.1 Å². The normalized spacial score (nSPS) is 25.8. The highest BCUT2D eigenvalue weighted by molar-refractivity contribution is 5.69. The van der Waals surface area contributed by atoms with Crippen LogP contribution in [-0.4, -0.2) is 29.7 Å². The minimum Gasteiger partial charge on any atom is -0.444 e. The first kappa shape index (κ1) is 18.4. The lowest BCUT2D eigenvalue weighted by molar-refractivity contribution is -0.0885. The van der Waals surface area contributed by atoms with Crippen LogP contribution in [0.5, 0.6) is 0 Å². The summed E-state index contributed by atoms with van der Waals surface area (Å²) in [6, 6.07) is 0. The number of rotatable bonds is 3. The minimum absolute atomic E-state index is 0.151. The van der Waals surface area contributed by atoms with Crippen LogP contribution in [0, 0.1) is 5.41 Å². The second-order valence-electron chi connectivity index (χ2n) is 8.26. The number of nitrogens with two attached hydrogens (primary N) is 1. The van der Waals surface area contributed by atoms with Crippen molar-refractivity contribution in [1.82, 2.24) is 5.32 Å². The molecule has 3 N–H and O–H groups in total. The van der Waals surface area contributed by atoms with Gasteiger partial charge in [-0.15, -0.1) is 0 Å². The van der Waals surface area contributed by atoms with Crippen molar-refractivity contribution in [2.75, 3.05) is 6.54 Å². The molecule has 0 heterocycles. The van der Waals surface area contributed by atoms with Gasteiger partial charge < -0.3 is 15.8 Å².